The highest BCUT2D eigenvalue weighted by Crippen LogP contribution is 2.27. The number of hydrogen-bond acceptors (Lipinski definition) is 4. The first-order valence-corrected chi connectivity index (χ1v) is 10.2. The predicted octanol–water partition coefficient (Wildman–Crippen LogP) is 4.20. The standard InChI is InChI=1S/C24H27NO4/c1-3-4-8-18-11-13-21(14-12-18)25-16-20(15-22(25)26)24(28)29-17(2)23(27)19-9-6-5-7-10-19/h5-7,9-14,17,20H,3-4,8,15-16H2,1-2H3. The van der Waals surface area contributed by atoms with Gasteiger partial charge in [0, 0.05) is 24.2 Å². The fourth-order valence-corrected chi connectivity index (χ4v) is 3.50. The fourth-order valence-electron chi connectivity index (χ4n) is 3.50. The number of rotatable bonds is 8. The number of Topliss-reactive ketones (excluding diaryl/α,β-unsaturated/α-hetero) is 1. The Morgan fingerprint density at radius 3 is 2.45 bits per heavy atom. The van der Waals surface area contributed by atoms with Crippen molar-refractivity contribution in [3.63, 3.8) is 0 Å². The second kappa shape index (κ2) is 9.50. The van der Waals surface area contributed by atoms with Crippen LogP contribution in [0.1, 0.15) is 49.0 Å². The lowest BCUT2D eigenvalue weighted by molar-refractivity contribution is -0.151. The first kappa shape index (κ1) is 20.8. The minimum Gasteiger partial charge on any atom is -0.454 e. The number of amides is 1. The van der Waals surface area contributed by atoms with Crippen molar-refractivity contribution in [3.05, 3.63) is 65.7 Å². The highest BCUT2D eigenvalue weighted by molar-refractivity contribution is 6.02. The van der Waals surface area contributed by atoms with Gasteiger partial charge in [-0.05, 0) is 37.5 Å². The summed E-state index contributed by atoms with van der Waals surface area (Å²) < 4.78 is 5.38. The topological polar surface area (TPSA) is 63.7 Å². The molecule has 3 rings (SSSR count). The number of esters is 1. The zero-order chi connectivity index (χ0) is 20.8. The molecule has 0 saturated carbocycles. The summed E-state index contributed by atoms with van der Waals surface area (Å²) in [5.41, 5.74) is 2.53. The molecule has 0 aromatic heterocycles. The van der Waals surface area contributed by atoms with E-state index in [2.05, 4.69) is 6.92 Å². The third kappa shape index (κ3) is 5.11. The quantitative estimate of drug-likeness (QED) is 0.498. The number of unbranched alkanes of at least 4 members (excludes halogenated alkanes) is 1. The molecule has 0 N–H and O–H groups in total. The lowest BCUT2D eigenvalue weighted by Crippen LogP contribution is -2.30. The van der Waals surface area contributed by atoms with Gasteiger partial charge >= 0.3 is 5.97 Å². The number of carbonyl (C=O) groups is 3. The predicted molar refractivity (Wildman–Crippen MR) is 112 cm³/mol. The van der Waals surface area contributed by atoms with Crippen LogP contribution in [0.15, 0.2) is 54.6 Å². The molecule has 1 heterocycles. The van der Waals surface area contributed by atoms with E-state index in [4.69, 9.17) is 4.74 Å². The number of nitrogens with zero attached hydrogens (tertiary/aromatic N) is 1. The lowest BCUT2D eigenvalue weighted by atomic mass is 10.1. The maximum absolute atomic E-state index is 12.5. The van der Waals surface area contributed by atoms with E-state index < -0.39 is 18.0 Å². The highest BCUT2D eigenvalue weighted by atomic mass is 16.5. The van der Waals surface area contributed by atoms with Gasteiger partial charge in [-0.1, -0.05) is 55.8 Å². The zero-order valence-corrected chi connectivity index (χ0v) is 17.0. The normalized spacial score (nSPS) is 17.2. The molecule has 152 valence electrons. The molecule has 2 atom stereocenters. The van der Waals surface area contributed by atoms with E-state index in [1.54, 1.807) is 36.1 Å². The average Bonchev–Trinajstić information content (AvgIpc) is 3.14. The van der Waals surface area contributed by atoms with E-state index in [0.29, 0.717) is 5.56 Å². The Kier molecular flexibility index (Phi) is 6.81. The number of anilines is 1. The summed E-state index contributed by atoms with van der Waals surface area (Å²) in [6.45, 7) is 4.00. The molecular formula is C24H27NO4. The summed E-state index contributed by atoms with van der Waals surface area (Å²) in [6, 6.07) is 16.7. The molecule has 5 nitrogen and oxygen atoms in total. The number of ether oxygens (including phenoxy) is 1. The van der Waals surface area contributed by atoms with Crippen molar-refractivity contribution in [1.29, 1.82) is 0 Å². The van der Waals surface area contributed by atoms with Gasteiger partial charge in [0.25, 0.3) is 0 Å². The molecule has 1 saturated heterocycles. The van der Waals surface area contributed by atoms with Crippen molar-refractivity contribution in [2.24, 2.45) is 5.92 Å². The average molecular weight is 393 g/mol. The van der Waals surface area contributed by atoms with Crippen molar-refractivity contribution in [2.45, 2.75) is 45.6 Å². The van der Waals surface area contributed by atoms with Crippen LogP contribution in [0, 0.1) is 5.92 Å². The van der Waals surface area contributed by atoms with Crippen LogP contribution in [-0.4, -0.2) is 30.3 Å². The van der Waals surface area contributed by atoms with Gasteiger partial charge in [-0.3, -0.25) is 14.4 Å². The summed E-state index contributed by atoms with van der Waals surface area (Å²) in [4.78, 5) is 39.0. The molecular weight excluding hydrogens is 366 g/mol. The molecule has 2 aromatic rings. The molecule has 0 aliphatic carbocycles. The zero-order valence-electron chi connectivity index (χ0n) is 17.0. The Morgan fingerprint density at radius 1 is 1.10 bits per heavy atom. The Labute approximate surface area is 171 Å². The number of carbonyl (C=O) groups excluding carboxylic acids is 3. The second-order valence-electron chi connectivity index (χ2n) is 7.48. The van der Waals surface area contributed by atoms with Crippen LogP contribution in [0.4, 0.5) is 5.69 Å². The first-order chi connectivity index (χ1) is 14.0. The SMILES string of the molecule is CCCCc1ccc(N2CC(C(=O)OC(C)C(=O)c3ccccc3)CC2=O)cc1. The molecule has 1 aliphatic heterocycles. The highest BCUT2D eigenvalue weighted by Gasteiger charge is 2.37. The minimum atomic E-state index is -0.882. The summed E-state index contributed by atoms with van der Waals surface area (Å²) in [6.07, 6.45) is 2.51. The van der Waals surface area contributed by atoms with Gasteiger partial charge in [0.15, 0.2) is 6.10 Å². The monoisotopic (exact) mass is 393 g/mol. The summed E-state index contributed by atoms with van der Waals surface area (Å²) >= 11 is 0. The Morgan fingerprint density at radius 2 is 1.79 bits per heavy atom. The van der Waals surface area contributed by atoms with Gasteiger partial charge < -0.3 is 9.64 Å². The molecule has 1 amide bonds. The number of ketones is 1. The van der Waals surface area contributed by atoms with Gasteiger partial charge in [-0.2, -0.15) is 0 Å². The van der Waals surface area contributed by atoms with E-state index in [-0.39, 0.29) is 24.7 Å². The minimum absolute atomic E-state index is 0.0999. The molecule has 29 heavy (non-hydrogen) atoms. The fraction of sp³-hybridized carbons (Fsp3) is 0.375. The van der Waals surface area contributed by atoms with Gasteiger partial charge in [0.2, 0.25) is 11.7 Å². The number of aryl methyl sites for hydroxylation is 1. The molecule has 0 radical (unpaired) electrons. The molecule has 0 spiro atoms. The molecule has 5 heteroatoms. The summed E-state index contributed by atoms with van der Waals surface area (Å²) in [7, 11) is 0. The Balaban J connectivity index is 1.59. The van der Waals surface area contributed by atoms with Crippen LogP contribution in [-0.2, 0) is 20.7 Å². The van der Waals surface area contributed by atoms with Crippen LogP contribution in [0.3, 0.4) is 0 Å². The Hall–Kier alpha value is -2.95. The maximum Gasteiger partial charge on any atom is 0.312 e. The van der Waals surface area contributed by atoms with Crippen LogP contribution in [0.2, 0.25) is 0 Å². The van der Waals surface area contributed by atoms with E-state index >= 15 is 0 Å². The number of hydrogen-bond donors (Lipinski definition) is 0. The second-order valence-corrected chi connectivity index (χ2v) is 7.48. The molecule has 0 bridgehead atoms. The van der Waals surface area contributed by atoms with E-state index in [9.17, 15) is 14.4 Å². The summed E-state index contributed by atoms with van der Waals surface area (Å²) in [5.74, 6) is -1.41. The van der Waals surface area contributed by atoms with Crippen LogP contribution in [0.5, 0.6) is 0 Å². The third-order valence-electron chi connectivity index (χ3n) is 5.25. The first-order valence-electron chi connectivity index (χ1n) is 10.2. The van der Waals surface area contributed by atoms with Crippen LogP contribution in [0.25, 0.3) is 0 Å². The molecule has 2 aromatic carbocycles. The number of benzene rings is 2. The van der Waals surface area contributed by atoms with Gasteiger partial charge in [-0.25, -0.2) is 0 Å². The largest absolute Gasteiger partial charge is 0.454 e. The van der Waals surface area contributed by atoms with E-state index in [1.807, 2.05) is 30.3 Å². The molecule has 2 unspecified atom stereocenters. The third-order valence-corrected chi connectivity index (χ3v) is 5.25. The van der Waals surface area contributed by atoms with Crippen molar-refractivity contribution < 1.29 is 19.1 Å². The van der Waals surface area contributed by atoms with Crippen LogP contribution >= 0.6 is 0 Å². The Bertz CT molecular complexity index is 860. The smallest absolute Gasteiger partial charge is 0.312 e. The van der Waals surface area contributed by atoms with Crippen LogP contribution < -0.4 is 4.90 Å². The molecule has 1 fully saturated rings. The maximum atomic E-state index is 12.5. The lowest BCUT2D eigenvalue weighted by Gasteiger charge is -2.18. The van der Waals surface area contributed by atoms with Crippen molar-refractivity contribution in [3.8, 4) is 0 Å². The van der Waals surface area contributed by atoms with Crippen molar-refractivity contribution in [2.75, 3.05) is 11.4 Å². The van der Waals surface area contributed by atoms with Gasteiger partial charge in [-0.15, -0.1) is 0 Å². The van der Waals surface area contributed by atoms with Crippen molar-refractivity contribution >= 4 is 23.3 Å². The van der Waals surface area contributed by atoms with Gasteiger partial charge in [0.05, 0.1) is 5.92 Å². The van der Waals surface area contributed by atoms with Crippen molar-refractivity contribution in [1.82, 2.24) is 0 Å². The van der Waals surface area contributed by atoms with Gasteiger partial charge in [0.1, 0.15) is 0 Å². The summed E-state index contributed by atoms with van der Waals surface area (Å²) in [5, 5.41) is 0. The molecule has 1 aliphatic rings. The van der Waals surface area contributed by atoms with E-state index in [1.165, 1.54) is 5.56 Å². The van der Waals surface area contributed by atoms with E-state index in [0.717, 1.165) is 24.9 Å².